The number of rotatable bonds is 5. The van der Waals surface area contributed by atoms with Crippen molar-refractivity contribution in [2.75, 3.05) is 0 Å². The van der Waals surface area contributed by atoms with Gasteiger partial charge in [0.15, 0.2) is 0 Å². The predicted molar refractivity (Wildman–Crippen MR) is 99.9 cm³/mol. The van der Waals surface area contributed by atoms with E-state index in [0.717, 1.165) is 11.1 Å². The third kappa shape index (κ3) is 5.15. The van der Waals surface area contributed by atoms with E-state index in [-0.39, 0.29) is 18.7 Å². The van der Waals surface area contributed by atoms with Crippen LogP contribution >= 0.6 is 11.6 Å². The highest BCUT2D eigenvalue weighted by Crippen LogP contribution is 2.18. The Hall–Kier alpha value is -3.19. The van der Waals surface area contributed by atoms with E-state index in [2.05, 4.69) is 21.0 Å². The van der Waals surface area contributed by atoms with Crippen LogP contribution in [0.4, 0.5) is 0 Å². The standard InChI is InChI=1S/C19H17ClN4O3/c1-12-2-4-14(5-3-12)19-24-22-17(27-19)11-10-16(25)21-23-18(26)13-6-8-15(20)9-7-13/h2-9H,10-11H2,1H3,(H,21,25)(H,23,26). The van der Waals surface area contributed by atoms with Gasteiger partial charge in [-0.05, 0) is 43.3 Å². The number of hydrogen-bond donors (Lipinski definition) is 2. The Balaban J connectivity index is 1.47. The minimum Gasteiger partial charge on any atom is -0.421 e. The van der Waals surface area contributed by atoms with E-state index in [1.807, 2.05) is 31.2 Å². The number of aryl methyl sites for hydroxylation is 2. The molecular weight excluding hydrogens is 368 g/mol. The Bertz CT molecular complexity index is 936. The van der Waals surface area contributed by atoms with Crippen LogP contribution in [0.1, 0.15) is 28.2 Å². The van der Waals surface area contributed by atoms with Crippen LogP contribution in [-0.2, 0) is 11.2 Å². The van der Waals surface area contributed by atoms with Gasteiger partial charge in [0.05, 0.1) is 0 Å². The Kier molecular flexibility index (Phi) is 5.83. The number of hydrazine groups is 1. The number of amides is 2. The summed E-state index contributed by atoms with van der Waals surface area (Å²) in [5.41, 5.74) is 7.03. The van der Waals surface area contributed by atoms with Crippen molar-refractivity contribution in [1.29, 1.82) is 0 Å². The molecule has 0 spiro atoms. The smallest absolute Gasteiger partial charge is 0.269 e. The predicted octanol–water partition coefficient (Wildman–Crippen LogP) is 3.09. The second-order valence-corrected chi connectivity index (χ2v) is 6.31. The van der Waals surface area contributed by atoms with Crippen LogP contribution in [0, 0.1) is 6.92 Å². The molecule has 0 radical (unpaired) electrons. The summed E-state index contributed by atoms with van der Waals surface area (Å²) in [4.78, 5) is 23.8. The SMILES string of the molecule is Cc1ccc(-c2nnc(CCC(=O)NNC(=O)c3ccc(Cl)cc3)o2)cc1. The minimum absolute atomic E-state index is 0.0937. The molecule has 1 aromatic heterocycles. The van der Waals surface area contributed by atoms with Gasteiger partial charge < -0.3 is 4.42 Å². The van der Waals surface area contributed by atoms with Gasteiger partial charge in [0, 0.05) is 29.0 Å². The lowest BCUT2D eigenvalue weighted by Gasteiger charge is -2.06. The molecule has 2 aromatic carbocycles. The number of benzene rings is 2. The van der Waals surface area contributed by atoms with Gasteiger partial charge in [-0.2, -0.15) is 0 Å². The molecule has 0 bridgehead atoms. The van der Waals surface area contributed by atoms with Gasteiger partial charge in [-0.1, -0.05) is 29.3 Å². The van der Waals surface area contributed by atoms with Crippen LogP contribution in [-0.4, -0.2) is 22.0 Å². The molecule has 0 saturated carbocycles. The largest absolute Gasteiger partial charge is 0.421 e. The summed E-state index contributed by atoms with van der Waals surface area (Å²) in [5, 5.41) is 8.46. The van der Waals surface area contributed by atoms with Crippen molar-refractivity contribution in [2.45, 2.75) is 19.8 Å². The molecule has 8 heteroatoms. The average Bonchev–Trinajstić information content (AvgIpc) is 3.14. The zero-order chi connectivity index (χ0) is 19.2. The molecule has 27 heavy (non-hydrogen) atoms. The monoisotopic (exact) mass is 384 g/mol. The first-order valence-corrected chi connectivity index (χ1v) is 8.63. The normalized spacial score (nSPS) is 10.4. The maximum absolute atomic E-state index is 11.9. The quantitative estimate of drug-likeness (QED) is 0.659. The van der Waals surface area contributed by atoms with Gasteiger partial charge in [0.1, 0.15) is 0 Å². The highest BCUT2D eigenvalue weighted by Gasteiger charge is 2.11. The fourth-order valence-electron chi connectivity index (χ4n) is 2.25. The molecule has 0 aliphatic rings. The molecule has 3 rings (SSSR count). The lowest BCUT2D eigenvalue weighted by atomic mass is 10.1. The van der Waals surface area contributed by atoms with Crippen LogP contribution in [0.2, 0.25) is 5.02 Å². The molecular formula is C19H17ClN4O3. The molecule has 0 unspecified atom stereocenters. The molecule has 3 aromatic rings. The van der Waals surface area contributed by atoms with Crippen molar-refractivity contribution in [3.05, 3.63) is 70.6 Å². The summed E-state index contributed by atoms with van der Waals surface area (Å²) in [6.07, 6.45) is 0.359. The first-order valence-electron chi connectivity index (χ1n) is 8.25. The molecule has 0 saturated heterocycles. The summed E-state index contributed by atoms with van der Waals surface area (Å²) >= 11 is 5.77. The summed E-state index contributed by atoms with van der Waals surface area (Å²) in [6.45, 7) is 1.99. The van der Waals surface area contributed by atoms with E-state index in [1.165, 1.54) is 0 Å². The van der Waals surface area contributed by atoms with Crippen molar-refractivity contribution < 1.29 is 14.0 Å². The second kappa shape index (κ2) is 8.46. The number of halogens is 1. The van der Waals surface area contributed by atoms with E-state index in [1.54, 1.807) is 24.3 Å². The Morgan fingerprint density at radius 1 is 1.00 bits per heavy atom. The van der Waals surface area contributed by atoms with E-state index in [4.69, 9.17) is 16.0 Å². The average molecular weight is 385 g/mol. The molecule has 7 nitrogen and oxygen atoms in total. The molecule has 0 atom stereocenters. The van der Waals surface area contributed by atoms with Crippen LogP contribution in [0.3, 0.4) is 0 Å². The third-order valence-corrected chi connectivity index (χ3v) is 4.01. The third-order valence-electron chi connectivity index (χ3n) is 3.75. The first-order chi connectivity index (χ1) is 13.0. The number of carbonyl (C=O) groups is 2. The molecule has 0 fully saturated rings. The maximum atomic E-state index is 11.9. The van der Waals surface area contributed by atoms with Crippen molar-refractivity contribution >= 4 is 23.4 Å². The van der Waals surface area contributed by atoms with Crippen LogP contribution in [0.25, 0.3) is 11.5 Å². The Labute approximate surface area is 160 Å². The fraction of sp³-hybridized carbons (Fsp3) is 0.158. The first kappa shape index (κ1) is 18.6. The lowest BCUT2D eigenvalue weighted by molar-refractivity contribution is -0.121. The summed E-state index contributed by atoms with van der Waals surface area (Å²) < 4.78 is 5.56. The topological polar surface area (TPSA) is 97.1 Å². The summed E-state index contributed by atoms with van der Waals surface area (Å²) in [6, 6.07) is 14.0. The zero-order valence-electron chi connectivity index (χ0n) is 14.5. The van der Waals surface area contributed by atoms with Crippen molar-refractivity contribution in [3.8, 4) is 11.5 Å². The number of nitrogens with one attached hydrogen (secondary N) is 2. The minimum atomic E-state index is -0.431. The van der Waals surface area contributed by atoms with Crippen LogP contribution < -0.4 is 10.9 Å². The van der Waals surface area contributed by atoms with Gasteiger partial charge in [-0.3, -0.25) is 20.4 Å². The van der Waals surface area contributed by atoms with Gasteiger partial charge in [-0.25, -0.2) is 0 Å². The molecule has 2 N–H and O–H groups in total. The lowest BCUT2D eigenvalue weighted by Crippen LogP contribution is -2.41. The molecule has 1 heterocycles. The highest BCUT2D eigenvalue weighted by atomic mass is 35.5. The van der Waals surface area contributed by atoms with Crippen molar-refractivity contribution in [1.82, 2.24) is 21.0 Å². The number of nitrogens with zero attached hydrogens (tertiary/aromatic N) is 2. The number of aromatic nitrogens is 2. The summed E-state index contributed by atoms with van der Waals surface area (Å²) in [5.74, 6) is -0.0435. The molecule has 2 amide bonds. The Morgan fingerprint density at radius 2 is 1.70 bits per heavy atom. The number of carbonyl (C=O) groups excluding carboxylic acids is 2. The molecule has 0 aliphatic carbocycles. The Morgan fingerprint density at radius 3 is 2.41 bits per heavy atom. The zero-order valence-corrected chi connectivity index (χ0v) is 15.3. The highest BCUT2D eigenvalue weighted by molar-refractivity contribution is 6.30. The van der Waals surface area contributed by atoms with E-state index in [9.17, 15) is 9.59 Å². The van der Waals surface area contributed by atoms with Gasteiger partial charge in [-0.15, -0.1) is 10.2 Å². The van der Waals surface area contributed by atoms with E-state index in [0.29, 0.717) is 22.4 Å². The van der Waals surface area contributed by atoms with Crippen molar-refractivity contribution in [3.63, 3.8) is 0 Å². The second-order valence-electron chi connectivity index (χ2n) is 5.88. The van der Waals surface area contributed by atoms with E-state index < -0.39 is 5.91 Å². The van der Waals surface area contributed by atoms with Crippen LogP contribution in [0.15, 0.2) is 52.9 Å². The maximum Gasteiger partial charge on any atom is 0.269 e. The summed E-state index contributed by atoms with van der Waals surface area (Å²) in [7, 11) is 0. The van der Waals surface area contributed by atoms with Gasteiger partial charge in [0.25, 0.3) is 5.91 Å². The van der Waals surface area contributed by atoms with Gasteiger partial charge in [0.2, 0.25) is 17.7 Å². The van der Waals surface area contributed by atoms with Crippen LogP contribution in [0.5, 0.6) is 0 Å². The fourth-order valence-corrected chi connectivity index (χ4v) is 2.38. The number of hydrogen-bond acceptors (Lipinski definition) is 5. The molecule has 138 valence electrons. The van der Waals surface area contributed by atoms with E-state index >= 15 is 0 Å². The van der Waals surface area contributed by atoms with Crippen molar-refractivity contribution in [2.24, 2.45) is 0 Å². The molecule has 0 aliphatic heterocycles. The van der Waals surface area contributed by atoms with Gasteiger partial charge >= 0.3 is 0 Å².